The molecule has 3 atom stereocenters. The van der Waals surface area contributed by atoms with Gasteiger partial charge >= 0.3 is 0 Å². The number of piperidine rings is 1. The quantitative estimate of drug-likeness (QED) is 0.707. The van der Waals surface area contributed by atoms with E-state index in [1.807, 2.05) is 29.2 Å². The van der Waals surface area contributed by atoms with Gasteiger partial charge in [0.05, 0.1) is 21.3 Å². The minimum absolute atomic E-state index is 0.0465. The predicted octanol–water partition coefficient (Wildman–Crippen LogP) is 4.44. The monoisotopic (exact) mass is 427 g/mol. The van der Waals surface area contributed by atoms with Crippen molar-refractivity contribution in [3.63, 3.8) is 0 Å². The molecule has 0 bridgehead atoms. The minimum Gasteiger partial charge on any atom is -0.507 e. The van der Waals surface area contributed by atoms with Crippen LogP contribution in [0.4, 0.5) is 0 Å². The lowest BCUT2D eigenvalue weighted by Gasteiger charge is -2.36. The molecule has 6 heteroatoms. The first-order chi connectivity index (χ1) is 14.9. The second-order valence-corrected chi connectivity index (χ2v) is 8.54. The van der Waals surface area contributed by atoms with Gasteiger partial charge in [-0.15, -0.1) is 0 Å². The number of carbonyl (C=O) groups excluding carboxylic acids is 1. The molecule has 3 unspecified atom stereocenters. The number of likely N-dealkylation sites (tertiary alicyclic amines) is 1. The van der Waals surface area contributed by atoms with Gasteiger partial charge in [-0.05, 0) is 36.0 Å². The second-order valence-electron chi connectivity index (χ2n) is 8.54. The van der Waals surface area contributed by atoms with E-state index in [4.69, 9.17) is 14.2 Å². The van der Waals surface area contributed by atoms with Crippen LogP contribution in [0.1, 0.15) is 43.7 Å². The van der Waals surface area contributed by atoms with Gasteiger partial charge in [-0.25, -0.2) is 0 Å². The van der Waals surface area contributed by atoms with Crippen molar-refractivity contribution < 1.29 is 24.1 Å². The van der Waals surface area contributed by atoms with Gasteiger partial charge in [-0.1, -0.05) is 26.0 Å². The number of phenols is 1. The molecule has 1 fully saturated rings. The number of hydrogen-bond donors (Lipinski definition) is 1. The molecule has 0 spiro atoms. The number of hydrogen-bond acceptors (Lipinski definition) is 5. The van der Waals surface area contributed by atoms with E-state index in [0.29, 0.717) is 28.9 Å². The Labute approximate surface area is 184 Å². The van der Waals surface area contributed by atoms with Crippen LogP contribution in [0.25, 0.3) is 0 Å². The summed E-state index contributed by atoms with van der Waals surface area (Å²) in [7, 11) is 4.71. The Bertz CT molecular complexity index is 886. The lowest BCUT2D eigenvalue weighted by atomic mass is 9.85. The number of benzene rings is 2. The summed E-state index contributed by atoms with van der Waals surface area (Å²) in [5.41, 5.74) is 1.49. The second kappa shape index (κ2) is 9.94. The van der Waals surface area contributed by atoms with Crippen LogP contribution >= 0.6 is 0 Å². The van der Waals surface area contributed by atoms with Crippen LogP contribution in [0.3, 0.4) is 0 Å². The van der Waals surface area contributed by atoms with Crippen LogP contribution in [-0.4, -0.2) is 50.3 Å². The third-order valence-electron chi connectivity index (χ3n) is 6.02. The van der Waals surface area contributed by atoms with E-state index in [9.17, 15) is 9.90 Å². The number of phenolic OH excluding ortho intramolecular Hbond substituents is 1. The van der Waals surface area contributed by atoms with Crippen LogP contribution in [-0.2, 0) is 4.79 Å². The number of ether oxygens (including phenoxy) is 3. The summed E-state index contributed by atoms with van der Waals surface area (Å²) < 4.78 is 16.2. The summed E-state index contributed by atoms with van der Waals surface area (Å²) >= 11 is 0. The summed E-state index contributed by atoms with van der Waals surface area (Å²) in [6.45, 7) is 5.92. The van der Waals surface area contributed by atoms with E-state index >= 15 is 0 Å². The zero-order valence-electron chi connectivity index (χ0n) is 19.1. The Balaban J connectivity index is 2.00. The molecule has 0 radical (unpaired) electrons. The van der Waals surface area contributed by atoms with Gasteiger partial charge in [-0.2, -0.15) is 0 Å². The average molecular weight is 428 g/mol. The Morgan fingerprint density at radius 2 is 1.61 bits per heavy atom. The number of amides is 1. The molecule has 1 aliphatic heterocycles. The summed E-state index contributed by atoms with van der Waals surface area (Å²) in [5.74, 6) is 2.45. The van der Waals surface area contributed by atoms with Crippen LogP contribution in [0, 0.1) is 11.8 Å². The molecule has 1 N–H and O–H groups in total. The van der Waals surface area contributed by atoms with Crippen LogP contribution in [0.15, 0.2) is 36.4 Å². The minimum atomic E-state index is -0.369. The van der Waals surface area contributed by atoms with Crippen molar-refractivity contribution >= 4 is 5.91 Å². The first-order valence-corrected chi connectivity index (χ1v) is 10.7. The molecule has 6 nitrogen and oxygen atoms in total. The summed E-state index contributed by atoms with van der Waals surface area (Å²) in [5, 5.41) is 10.9. The van der Waals surface area contributed by atoms with Crippen LogP contribution in [0.5, 0.6) is 23.0 Å². The molecule has 1 amide bonds. The number of nitrogens with zero attached hydrogens (tertiary/aromatic N) is 1. The lowest BCUT2D eigenvalue weighted by Crippen LogP contribution is -2.43. The summed E-state index contributed by atoms with van der Waals surface area (Å²) in [4.78, 5) is 15.3. The fourth-order valence-corrected chi connectivity index (χ4v) is 4.62. The smallest absolute Gasteiger partial charge is 0.223 e. The summed E-state index contributed by atoms with van der Waals surface area (Å²) in [6, 6.07) is 10.9. The van der Waals surface area contributed by atoms with E-state index in [0.717, 1.165) is 30.8 Å². The first-order valence-electron chi connectivity index (χ1n) is 10.7. The highest BCUT2D eigenvalue weighted by Gasteiger charge is 2.31. The Morgan fingerprint density at radius 1 is 1.00 bits per heavy atom. The molecule has 2 aromatic carbocycles. The fraction of sp³-hybridized carbons (Fsp3) is 0.480. The van der Waals surface area contributed by atoms with Crippen molar-refractivity contribution in [1.82, 2.24) is 4.90 Å². The first kappa shape index (κ1) is 22.8. The summed E-state index contributed by atoms with van der Waals surface area (Å²) in [6.07, 6.45) is 1.38. The molecule has 1 saturated heterocycles. The molecule has 2 aromatic rings. The maximum Gasteiger partial charge on any atom is 0.223 e. The molecular weight excluding hydrogens is 394 g/mol. The number of methoxy groups -OCH3 is 3. The standard InChI is InChI=1S/C25H33NO5/c1-16-10-17(2)15-26(14-16)24(28)13-21(18-6-8-19(29-3)9-7-18)25-22(27)11-20(30-4)12-23(25)31-5/h6-9,11-12,16-17,21,27H,10,13-15H2,1-5H3. The van der Waals surface area contributed by atoms with Gasteiger partial charge < -0.3 is 24.2 Å². The molecule has 0 aliphatic carbocycles. The maximum atomic E-state index is 13.4. The Morgan fingerprint density at radius 3 is 2.16 bits per heavy atom. The van der Waals surface area contributed by atoms with Crippen molar-refractivity contribution in [2.24, 2.45) is 11.8 Å². The van der Waals surface area contributed by atoms with Crippen molar-refractivity contribution in [3.8, 4) is 23.0 Å². The maximum absolute atomic E-state index is 13.4. The Kier molecular flexibility index (Phi) is 7.31. The zero-order chi connectivity index (χ0) is 22.5. The largest absolute Gasteiger partial charge is 0.507 e. The molecular formula is C25H33NO5. The van der Waals surface area contributed by atoms with E-state index in [-0.39, 0.29) is 24.0 Å². The molecule has 1 aliphatic rings. The normalized spacial score (nSPS) is 19.6. The Hall–Kier alpha value is -2.89. The van der Waals surface area contributed by atoms with Crippen molar-refractivity contribution in [2.45, 2.75) is 32.6 Å². The van der Waals surface area contributed by atoms with Gasteiger partial charge in [0.2, 0.25) is 5.91 Å². The van der Waals surface area contributed by atoms with Gasteiger partial charge in [0.15, 0.2) is 0 Å². The van der Waals surface area contributed by atoms with Gasteiger partial charge in [-0.3, -0.25) is 4.79 Å². The third-order valence-corrected chi connectivity index (χ3v) is 6.02. The van der Waals surface area contributed by atoms with Gasteiger partial charge in [0, 0.05) is 43.1 Å². The highest BCUT2D eigenvalue weighted by Crippen LogP contribution is 2.43. The molecule has 3 rings (SSSR count). The van der Waals surface area contributed by atoms with E-state index in [1.54, 1.807) is 26.4 Å². The molecule has 0 saturated carbocycles. The zero-order valence-corrected chi connectivity index (χ0v) is 19.1. The highest BCUT2D eigenvalue weighted by molar-refractivity contribution is 5.78. The lowest BCUT2D eigenvalue weighted by molar-refractivity contribution is -0.134. The SMILES string of the molecule is COc1ccc(C(CC(=O)N2CC(C)CC(C)C2)c2c(O)cc(OC)cc2OC)cc1. The highest BCUT2D eigenvalue weighted by atomic mass is 16.5. The van der Waals surface area contributed by atoms with Gasteiger partial charge in [0.1, 0.15) is 23.0 Å². The van der Waals surface area contributed by atoms with E-state index in [1.165, 1.54) is 7.11 Å². The van der Waals surface area contributed by atoms with Crippen LogP contribution in [0.2, 0.25) is 0 Å². The fourth-order valence-electron chi connectivity index (χ4n) is 4.62. The van der Waals surface area contributed by atoms with Crippen molar-refractivity contribution in [3.05, 3.63) is 47.5 Å². The average Bonchev–Trinajstić information content (AvgIpc) is 2.76. The van der Waals surface area contributed by atoms with Crippen molar-refractivity contribution in [2.75, 3.05) is 34.4 Å². The molecule has 31 heavy (non-hydrogen) atoms. The number of rotatable bonds is 7. The topological polar surface area (TPSA) is 68.2 Å². The van der Waals surface area contributed by atoms with Gasteiger partial charge in [0.25, 0.3) is 0 Å². The molecule has 0 aromatic heterocycles. The number of aromatic hydroxyl groups is 1. The van der Waals surface area contributed by atoms with E-state index in [2.05, 4.69) is 13.8 Å². The number of carbonyl (C=O) groups is 1. The molecule has 1 heterocycles. The molecule has 168 valence electrons. The van der Waals surface area contributed by atoms with E-state index < -0.39 is 0 Å². The van der Waals surface area contributed by atoms with Crippen LogP contribution < -0.4 is 14.2 Å². The predicted molar refractivity (Wildman–Crippen MR) is 120 cm³/mol. The van der Waals surface area contributed by atoms with Crippen molar-refractivity contribution in [1.29, 1.82) is 0 Å². The third kappa shape index (κ3) is 5.24.